The Balaban J connectivity index is 2.03. The van der Waals surface area contributed by atoms with Gasteiger partial charge >= 0.3 is 5.69 Å². The van der Waals surface area contributed by atoms with Gasteiger partial charge in [0, 0.05) is 16.2 Å². The van der Waals surface area contributed by atoms with Gasteiger partial charge in [-0.25, -0.2) is 9.36 Å². The zero-order valence-electron chi connectivity index (χ0n) is 16.6. The topological polar surface area (TPSA) is 134 Å². The van der Waals surface area contributed by atoms with Crippen LogP contribution < -0.4 is 11.2 Å². The fourth-order valence-electron chi connectivity index (χ4n) is 3.42. The van der Waals surface area contributed by atoms with Gasteiger partial charge in [0.15, 0.2) is 6.10 Å². The van der Waals surface area contributed by atoms with Crippen LogP contribution in [0.15, 0.2) is 21.9 Å². The molecule has 2 heterocycles. The zero-order chi connectivity index (χ0) is 21.4. The summed E-state index contributed by atoms with van der Waals surface area (Å²) in [6.07, 6.45) is 4.40. The van der Waals surface area contributed by atoms with Gasteiger partial charge in [-0.3, -0.25) is 9.78 Å². The van der Waals surface area contributed by atoms with Crippen molar-refractivity contribution < 1.29 is 24.8 Å². The van der Waals surface area contributed by atoms with E-state index in [2.05, 4.69) is 34.5 Å². The van der Waals surface area contributed by atoms with Crippen molar-refractivity contribution in [2.45, 2.75) is 80.0 Å². The van der Waals surface area contributed by atoms with Crippen molar-refractivity contribution in [3.8, 4) is 0 Å². The van der Waals surface area contributed by atoms with Gasteiger partial charge < -0.3 is 24.8 Å². The Kier molecular flexibility index (Phi) is 9.76. The summed E-state index contributed by atoms with van der Waals surface area (Å²) in [6.45, 7) is 1.79. The third-order valence-corrected chi connectivity index (χ3v) is 6.33. The monoisotopic (exact) mass is 526 g/mol. The van der Waals surface area contributed by atoms with E-state index >= 15 is 0 Å². The first kappa shape index (κ1) is 24.5. The lowest BCUT2D eigenvalue weighted by atomic mass is 10.1. The van der Waals surface area contributed by atoms with Gasteiger partial charge in [0.2, 0.25) is 0 Å². The largest absolute Gasteiger partial charge is 0.394 e. The lowest BCUT2D eigenvalue weighted by Crippen LogP contribution is -2.53. The number of aromatic nitrogens is 2. The Hall–Kier alpha value is -0.790. The number of unbranched alkanes of at least 4 members (excludes halogenated alkanes) is 3. The van der Waals surface area contributed by atoms with E-state index in [9.17, 15) is 24.9 Å². The highest BCUT2D eigenvalue weighted by Crippen LogP contribution is 2.36. The number of nitrogens with one attached hydrogen (secondary N) is 1. The highest BCUT2D eigenvalue weighted by molar-refractivity contribution is 14.1. The molecule has 1 unspecified atom stereocenters. The van der Waals surface area contributed by atoms with Crippen LogP contribution in [0.3, 0.4) is 0 Å². The summed E-state index contributed by atoms with van der Waals surface area (Å²) in [7, 11) is 0. The fourth-order valence-corrected chi connectivity index (χ4v) is 4.30. The molecule has 10 heteroatoms. The number of aliphatic hydroxyl groups is 3. The third-order valence-electron chi connectivity index (χ3n) is 5.08. The molecule has 0 spiro atoms. The van der Waals surface area contributed by atoms with Crippen LogP contribution in [-0.2, 0) is 15.4 Å². The highest BCUT2D eigenvalue weighted by Gasteiger charge is 2.57. The fraction of sp³-hybridized carbons (Fsp3) is 0.789. The van der Waals surface area contributed by atoms with Gasteiger partial charge in [0.1, 0.15) is 12.2 Å². The quantitative estimate of drug-likeness (QED) is 0.180. The second-order valence-corrected chi connectivity index (χ2v) is 9.08. The van der Waals surface area contributed by atoms with Gasteiger partial charge in [-0.05, 0) is 19.3 Å². The minimum atomic E-state index is -2.01. The van der Waals surface area contributed by atoms with Gasteiger partial charge in [0.25, 0.3) is 11.5 Å². The Morgan fingerprint density at radius 2 is 1.97 bits per heavy atom. The van der Waals surface area contributed by atoms with Crippen molar-refractivity contribution >= 4 is 22.6 Å². The first-order valence-corrected chi connectivity index (χ1v) is 11.4. The Morgan fingerprint density at radius 3 is 2.55 bits per heavy atom. The third kappa shape index (κ3) is 6.11. The van der Waals surface area contributed by atoms with Crippen LogP contribution in [0, 0.1) is 0 Å². The van der Waals surface area contributed by atoms with Crippen LogP contribution in [0.5, 0.6) is 0 Å². The number of hydrogen-bond acceptors (Lipinski definition) is 7. The maximum Gasteiger partial charge on any atom is 0.332 e. The van der Waals surface area contributed by atoms with E-state index in [1.165, 1.54) is 25.7 Å². The highest BCUT2D eigenvalue weighted by atomic mass is 127. The molecule has 1 fully saturated rings. The molecule has 1 saturated heterocycles. The summed E-state index contributed by atoms with van der Waals surface area (Å²) in [4.78, 5) is 25.7. The number of ether oxygens (including phenoxy) is 2. The molecule has 4 N–H and O–H groups in total. The molecule has 1 aromatic heterocycles. The lowest BCUT2D eigenvalue weighted by molar-refractivity contribution is -0.318. The van der Waals surface area contributed by atoms with Crippen molar-refractivity contribution in [2.75, 3.05) is 13.2 Å². The van der Waals surface area contributed by atoms with Crippen molar-refractivity contribution in [1.29, 1.82) is 0 Å². The molecule has 0 aliphatic carbocycles. The zero-order valence-corrected chi connectivity index (χ0v) is 18.8. The number of halogens is 1. The first-order valence-electron chi connectivity index (χ1n) is 10.1. The number of hydrogen-bond donors (Lipinski definition) is 4. The second-order valence-electron chi connectivity index (χ2n) is 7.32. The molecule has 1 aromatic rings. The maximum atomic E-state index is 12.3. The summed E-state index contributed by atoms with van der Waals surface area (Å²) in [5, 5.41) is 30.1. The standard InChI is InChI=1S/C19H31IN2O7/c1-2-3-4-7-13(20)8-5-6-11-28-19(17(26)16(25)14(12-23)29-19)22-10-9-15(24)21-18(22)27/h9-10,13-14,16-17,23,25-26H,2-8,11-12H2,1H3,(H,21,24,27)/t13?,14-,16-,17-,19-/m1/s1. The van der Waals surface area contributed by atoms with Gasteiger partial charge in [0.05, 0.1) is 13.2 Å². The molecular formula is C19H31IN2O7. The van der Waals surface area contributed by atoms with Crippen molar-refractivity contribution in [3.05, 3.63) is 33.1 Å². The Bertz CT molecular complexity index is 740. The minimum Gasteiger partial charge on any atom is -0.394 e. The average Bonchev–Trinajstić information content (AvgIpc) is 2.93. The molecule has 0 amide bonds. The van der Waals surface area contributed by atoms with Crippen molar-refractivity contribution in [2.24, 2.45) is 0 Å². The van der Waals surface area contributed by atoms with E-state index < -0.39 is 42.1 Å². The number of alkyl halides is 1. The Labute approximate surface area is 183 Å². The van der Waals surface area contributed by atoms with Gasteiger partial charge in [-0.1, -0.05) is 55.2 Å². The summed E-state index contributed by atoms with van der Waals surface area (Å²) in [5.74, 6) is -2.01. The SMILES string of the molecule is CCCCCC(I)CCCCO[C@@]1(n2ccc(=O)[nH]c2=O)O[C@H](CO)[C@@H](O)[C@H]1O. The van der Waals surface area contributed by atoms with Crippen LogP contribution in [0.2, 0.25) is 0 Å². The molecule has 0 bridgehead atoms. The van der Waals surface area contributed by atoms with Crippen LogP contribution in [0.4, 0.5) is 0 Å². The number of nitrogens with zero attached hydrogens (tertiary/aromatic N) is 1. The molecule has 29 heavy (non-hydrogen) atoms. The van der Waals surface area contributed by atoms with Crippen LogP contribution in [0.1, 0.15) is 51.9 Å². The predicted molar refractivity (Wildman–Crippen MR) is 115 cm³/mol. The number of rotatable bonds is 12. The number of H-pyrrole nitrogens is 1. The summed E-state index contributed by atoms with van der Waals surface area (Å²) >= 11 is 2.46. The predicted octanol–water partition coefficient (Wildman–Crippen LogP) is 0.831. The molecule has 5 atom stereocenters. The summed E-state index contributed by atoms with van der Waals surface area (Å²) in [6, 6.07) is 1.10. The molecule has 1 aliphatic heterocycles. The van der Waals surface area contributed by atoms with Crippen LogP contribution in [-0.4, -0.2) is 60.3 Å². The molecule has 0 aromatic carbocycles. The first-order chi connectivity index (χ1) is 13.9. The average molecular weight is 526 g/mol. The van der Waals surface area contributed by atoms with E-state index in [0.29, 0.717) is 10.3 Å². The number of aliphatic hydroxyl groups excluding tert-OH is 3. The maximum absolute atomic E-state index is 12.3. The molecule has 0 radical (unpaired) electrons. The van der Waals surface area contributed by atoms with Crippen LogP contribution in [0.25, 0.3) is 0 Å². The Morgan fingerprint density at radius 1 is 1.28 bits per heavy atom. The number of aromatic amines is 1. The molecule has 2 rings (SSSR count). The molecule has 1 aliphatic rings. The van der Waals surface area contributed by atoms with E-state index in [1.54, 1.807) is 0 Å². The van der Waals surface area contributed by atoms with Crippen LogP contribution >= 0.6 is 22.6 Å². The smallest absolute Gasteiger partial charge is 0.332 e. The van der Waals surface area contributed by atoms with E-state index in [-0.39, 0.29) is 6.61 Å². The van der Waals surface area contributed by atoms with Gasteiger partial charge in [-0.15, -0.1) is 0 Å². The minimum absolute atomic E-state index is 0.172. The molecule has 9 nitrogen and oxygen atoms in total. The lowest BCUT2D eigenvalue weighted by Gasteiger charge is -2.33. The summed E-state index contributed by atoms with van der Waals surface area (Å²) < 4.78 is 12.9. The van der Waals surface area contributed by atoms with E-state index in [4.69, 9.17) is 9.47 Å². The van der Waals surface area contributed by atoms with Crippen molar-refractivity contribution in [3.63, 3.8) is 0 Å². The molecular weight excluding hydrogens is 495 g/mol. The van der Waals surface area contributed by atoms with Gasteiger partial charge in [-0.2, -0.15) is 0 Å². The molecule has 166 valence electrons. The van der Waals surface area contributed by atoms with E-state index in [1.807, 2.05) is 0 Å². The molecule has 0 saturated carbocycles. The second kappa shape index (κ2) is 11.6. The van der Waals surface area contributed by atoms with E-state index in [0.717, 1.165) is 29.7 Å². The van der Waals surface area contributed by atoms with Crippen molar-refractivity contribution in [1.82, 2.24) is 9.55 Å². The normalized spacial score (nSPS) is 28.0. The summed E-state index contributed by atoms with van der Waals surface area (Å²) in [5.41, 5.74) is -1.45.